The molecule has 0 aliphatic rings. The van der Waals surface area contributed by atoms with E-state index in [0.29, 0.717) is 5.02 Å². The molecule has 1 heterocycles. The molecule has 3 aromatic rings. The summed E-state index contributed by atoms with van der Waals surface area (Å²) in [5.74, 6) is 0. The van der Waals surface area contributed by atoms with Crippen molar-refractivity contribution < 1.29 is 4.42 Å². The van der Waals surface area contributed by atoms with Crippen molar-refractivity contribution in [1.82, 2.24) is 0 Å². The fourth-order valence-corrected chi connectivity index (χ4v) is 2.46. The Morgan fingerprint density at radius 3 is 2.50 bits per heavy atom. The molecule has 0 aliphatic heterocycles. The van der Waals surface area contributed by atoms with E-state index in [1.165, 1.54) is 5.56 Å². The van der Waals surface area contributed by atoms with E-state index < -0.39 is 0 Å². The van der Waals surface area contributed by atoms with Crippen LogP contribution in [0, 0.1) is 6.92 Å². The molecule has 0 radical (unpaired) electrons. The molecule has 0 saturated carbocycles. The number of hydrogen-bond acceptors (Lipinski definition) is 1. The van der Waals surface area contributed by atoms with Crippen LogP contribution in [0.1, 0.15) is 18.1 Å². The van der Waals surface area contributed by atoms with Gasteiger partial charge in [-0.05, 0) is 37.1 Å². The van der Waals surface area contributed by atoms with Gasteiger partial charge in [-0.2, -0.15) is 0 Å². The maximum atomic E-state index is 6.14. The van der Waals surface area contributed by atoms with E-state index in [1.807, 2.05) is 43.3 Å². The van der Waals surface area contributed by atoms with Gasteiger partial charge < -0.3 is 4.42 Å². The second-order valence-electron chi connectivity index (χ2n) is 4.50. The molecule has 2 heteroatoms. The Bertz CT molecular complexity index is 781. The quantitative estimate of drug-likeness (QED) is 0.472. The number of para-hydroxylation sites is 1. The Morgan fingerprint density at radius 2 is 1.85 bits per heavy atom. The van der Waals surface area contributed by atoms with Gasteiger partial charge in [0.25, 0.3) is 0 Å². The predicted molar refractivity (Wildman–Crippen MR) is 89.4 cm³/mol. The highest BCUT2D eigenvalue weighted by atomic mass is 35.5. The molecule has 0 amide bonds. The molecule has 0 unspecified atom stereocenters. The first kappa shape index (κ1) is 14.4. The maximum absolute atomic E-state index is 6.14. The standard InChI is InChI=1S/C15H11ClO.C3H6/c1-3-10-9(2)7-8-13-14(10)11-5-4-6-12(16)15(11)17-13;1-3-2/h3-8H,1H2,2H3;3H,1H2,2H3. The van der Waals surface area contributed by atoms with Crippen molar-refractivity contribution in [3.63, 3.8) is 0 Å². The van der Waals surface area contributed by atoms with E-state index in [0.717, 1.165) is 27.5 Å². The van der Waals surface area contributed by atoms with Crippen LogP contribution in [0.3, 0.4) is 0 Å². The molecule has 0 bridgehead atoms. The smallest absolute Gasteiger partial charge is 0.154 e. The van der Waals surface area contributed by atoms with Gasteiger partial charge in [0.15, 0.2) is 5.58 Å². The van der Waals surface area contributed by atoms with Crippen LogP contribution < -0.4 is 0 Å². The molecule has 0 aliphatic carbocycles. The Labute approximate surface area is 124 Å². The van der Waals surface area contributed by atoms with Gasteiger partial charge in [-0.1, -0.05) is 48.5 Å². The first-order chi connectivity index (χ1) is 9.63. The summed E-state index contributed by atoms with van der Waals surface area (Å²) in [6, 6.07) is 9.82. The molecule has 2 aromatic carbocycles. The van der Waals surface area contributed by atoms with Crippen LogP contribution in [0.4, 0.5) is 0 Å². The predicted octanol–water partition coefficient (Wildman–Crippen LogP) is 6.38. The number of halogens is 1. The van der Waals surface area contributed by atoms with Crippen molar-refractivity contribution in [3.8, 4) is 0 Å². The third kappa shape index (κ3) is 2.37. The van der Waals surface area contributed by atoms with E-state index >= 15 is 0 Å². The number of allylic oxidation sites excluding steroid dienone is 1. The molecular weight excluding hydrogens is 268 g/mol. The van der Waals surface area contributed by atoms with Crippen LogP contribution in [0.5, 0.6) is 0 Å². The van der Waals surface area contributed by atoms with Crippen LogP contribution in [0.2, 0.25) is 5.02 Å². The van der Waals surface area contributed by atoms with Crippen LogP contribution in [-0.4, -0.2) is 0 Å². The molecule has 102 valence electrons. The molecular formula is C18H17ClO. The first-order valence-corrected chi connectivity index (χ1v) is 6.81. The lowest BCUT2D eigenvalue weighted by Crippen LogP contribution is -1.80. The lowest BCUT2D eigenvalue weighted by molar-refractivity contribution is 0.669. The zero-order valence-electron chi connectivity index (χ0n) is 11.7. The summed E-state index contributed by atoms with van der Waals surface area (Å²) < 4.78 is 5.80. The highest BCUT2D eigenvalue weighted by molar-refractivity contribution is 6.36. The Morgan fingerprint density at radius 1 is 1.15 bits per heavy atom. The number of furan rings is 1. The van der Waals surface area contributed by atoms with E-state index in [1.54, 1.807) is 6.08 Å². The topological polar surface area (TPSA) is 13.1 Å². The monoisotopic (exact) mass is 284 g/mol. The molecule has 1 nitrogen and oxygen atoms in total. The van der Waals surface area contributed by atoms with E-state index in [4.69, 9.17) is 16.0 Å². The summed E-state index contributed by atoms with van der Waals surface area (Å²) in [7, 11) is 0. The number of benzene rings is 2. The fourth-order valence-electron chi connectivity index (χ4n) is 2.25. The van der Waals surface area contributed by atoms with Gasteiger partial charge in [0.2, 0.25) is 0 Å². The number of rotatable bonds is 1. The van der Waals surface area contributed by atoms with Gasteiger partial charge in [-0.3, -0.25) is 0 Å². The van der Waals surface area contributed by atoms with Gasteiger partial charge in [0.1, 0.15) is 5.58 Å². The minimum absolute atomic E-state index is 0.645. The van der Waals surface area contributed by atoms with Gasteiger partial charge >= 0.3 is 0 Å². The summed E-state index contributed by atoms with van der Waals surface area (Å²) in [5, 5.41) is 2.79. The van der Waals surface area contributed by atoms with Crippen LogP contribution in [0.25, 0.3) is 28.0 Å². The van der Waals surface area contributed by atoms with Gasteiger partial charge in [0.05, 0.1) is 5.02 Å². The highest BCUT2D eigenvalue weighted by Gasteiger charge is 2.12. The summed E-state index contributed by atoms with van der Waals surface area (Å²) in [6.45, 7) is 11.2. The number of hydrogen-bond donors (Lipinski definition) is 0. The Balaban J connectivity index is 0.000000452. The van der Waals surface area contributed by atoms with Gasteiger partial charge in [-0.25, -0.2) is 0 Å². The third-order valence-corrected chi connectivity index (χ3v) is 3.38. The first-order valence-electron chi connectivity index (χ1n) is 6.43. The van der Waals surface area contributed by atoms with Crippen LogP contribution in [-0.2, 0) is 0 Å². The second-order valence-corrected chi connectivity index (χ2v) is 4.91. The maximum Gasteiger partial charge on any atom is 0.154 e. The third-order valence-electron chi connectivity index (χ3n) is 3.08. The largest absolute Gasteiger partial charge is 0.454 e. The number of aryl methyl sites for hydroxylation is 1. The van der Waals surface area contributed by atoms with E-state index in [2.05, 4.69) is 20.1 Å². The molecule has 20 heavy (non-hydrogen) atoms. The average molecular weight is 285 g/mol. The molecule has 0 N–H and O–H groups in total. The van der Waals surface area contributed by atoms with Crippen molar-refractivity contribution in [2.75, 3.05) is 0 Å². The minimum Gasteiger partial charge on any atom is -0.454 e. The van der Waals surface area contributed by atoms with Gasteiger partial charge in [0, 0.05) is 10.8 Å². The minimum atomic E-state index is 0.645. The normalized spacial score (nSPS) is 10.2. The zero-order valence-corrected chi connectivity index (χ0v) is 12.5. The summed E-state index contributed by atoms with van der Waals surface area (Å²) in [6.07, 6.45) is 3.62. The Kier molecular flexibility index (Phi) is 4.31. The van der Waals surface area contributed by atoms with Crippen molar-refractivity contribution in [2.45, 2.75) is 13.8 Å². The molecule has 0 fully saturated rings. The highest BCUT2D eigenvalue weighted by Crippen LogP contribution is 2.36. The summed E-state index contributed by atoms with van der Waals surface area (Å²) in [5.41, 5.74) is 3.91. The van der Waals surface area contributed by atoms with E-state index in [9.17, 15) is 0 Å². The molecule has 0 atom stereocenters. The van der Waals surface area contributed by atoms with Crippen molar-refractivity contribution in [2.24, 2.45) is 0 Å². The summed E-state index contributed by atoms with van der Waals surface area (Å²) >= 11 is 6.14. The molecule has 0 spiro atoms. The fraction of sp³-hybridized carbons (Fsp3) is 0.111. The Hall–Kier alpha value is -1.99. The van der Waals surface area contributed by atoms with Crippen molar-refractivity contribution in [3.05, 3.63) is 65.7 Å². The zero-order chi connectivity index (χ0) is 14.7. The van der Waals surface area contributed by atoms with Gasteiger partial charge in [-0.15, -0.1) is 6.58 Å². The SMILES string of the molecule is C=CC.C=Cc1c(C)ccc2oc3c(Cl)cccc3c12. The summed E-state index contributed by atoms with van der Waals surface area (Å²) in [4.78, 5) is 0. The van der Waals surface area contributed by atoms with Crippen LogP contribution in [0.15, 0.2) is 54.0 Å². The average Bonchev–Trinajstić information content (AvgIpc) is 2.80. The number of fused-ring (bicyclic) bond motifs is 3. The second kappa shape index (κ2) is 5.98. The lowest BCUT2D eigenvalue weighted by atomic mass is 10.0. The lowest BCUT2D eigenvalue weighted by Gasteiger charge is -2.01. The van der Waals surface area contributed by atoms with E-state index in [-0.39, 0.29) is 0 Å². The molecule has 0 saturated heterocycles. The molecule has 3 rings (SSSR count). The molecule has 1 aromatic heterocycles. The van der Waals surface area contributed by atoms with Crippen molar-refractivity contribution >= 4 is 39.6 Å². The van der Waals surface area contributed by atoms with Crippen LogP contribution >= 0.6 is 11.6 Å². The van der Waals surface area contributed by atoms with Crippen molar-refractivity contribution in [1.29, 1.82) is 0 Å².